The molecule has 9 nitrogen and oxygen atoms in total. The Morgan fingerprint density at radius 3 is 2.43 bits per heavy atom. The van der Waals surface area contributed by atoms with E-state index >= 15 is 0 Å². The maximum atomic E-state index is 12.8. The van der Waals surface area contributed by atoms with Gasteiger partial charge >= 0.3 is 5.97 Å². The molecule has 188 valence electrons. The topological polar surface area (TPSA) is 138 Å². The number of esters is 1. The fourth-order valence-corrected chi connectivity index (χ4v) is 4.41. The zero-order valence-electron chi connectivity index (χ0n) is 19.4. The Kier molecular flexibility index (Phi) is 7.53. The van der Waals surface area contributed by atoms with E-state index in [1.165, 1.54) is 36.4 Å². The Hall–Kier alpha value is -4.26. The van der Waals surface area contributed by atoms with Gasteiger partial charge in [-0.05, 0) is 30.2 Å². The number of nitro groups is 1. The molecule has 4 rings (SSSR count). The summed E-state index contributed by atoms with van der Waals surface area (Å²) in [4.78, 5) is 23.3. The van der Waals surface area contributed by atoms with E-state index in [0.29, 0.717) is 17.7 Å². The molecular formula is C26H19Cl2N3O6. The monoisotopic (exact) mass is 539 g/mol. The summed E-state index contributed by atoms with van der Waals surface area (Å²) in [6, 6.07) is 15.3. The number of nitrogens with zero attached hydrogens (tertiary/aromatic N) is 2. The van der Waals surface area contributed by atoms with Crippen molar-refractivity contribution < 1.29 is 23.9 Å². The van der Waals surface area contributed by atoms with Gasteiger partial charge in [-0.2, -0.15) is 5.26 Å². The number of rotatable bonds is 7. The molecule has 37 heavy (non-hydrogen) atoms. The maximum absolute atomic E-state index is 12.8. The molecule has 1 unspecified atom stereocenters. The summed E-state index contributed by atoms with van der Waals surface area (Å²) in [6.45, 7) is 2.36. The third-order valence-corrected chi connectivity index (χ3v) is 6.08. The second-order valence-electron chi connectivity index (χ2n) is 7.98. The number of nitriles is 1. The molecule has 0 aromatic heterocycles. The molecule has 3 aromatic carbocycles. The molecule has 1 atom stereocenters. The first-order chi connectivity index (χ1) is 17.7. The Labute approximate surface area is 221 Å². The Balaban J connectivity index is 1.63. The number of nitrogens with two attached hydrogens (primary N) is 1. The van der Waals surface area contributed by atoms with Crippen molar-refractivity contribution in [2.75, 3.05) is 6.61 Å². The summed E-state index contributed by atoms with van der Waals surface area (Å²) in [6.07, 6.45) is 0.761. The van der Waals surface area contributed by atoms with E-state index in [9.17, 15) is 20.2 Å². The van der Waals surface area contributed by atoms with E-state index < -0.39 is 16.8 Å². The van der Waals surface area contributed by atoms with Gasteiger partial charge in [-0.1, -0.05) is 48.3 Å². The van der Waals surface area contributed by atoms with Gasteiger partial charge in [-0.25, -0.2) is 4.79 Å². The van der Waals surface area contributed by atoms with Gasteiger partial charge in [0.1, 0.15) is 23.1 Å². The number of allylic oxidation sites excluding steroid dienone is 1. The van der Waals surface area contributed by atoms with Crippen LogP contribution >= 0.6 is 23.2 Å². The lowest BCUT2D eigenvalue weighted by molar-refractivity contribution is -0.384. The zero-order valence-corrected chi connectivity index (χ0v) is 20.9. The second-order valence-corrected chi connectivity index (χ2v) is 8.79. The summed E-state index contributed by atoms with van der Waals surface area (Å²) in [5.74, 6) is -0.760. The van der Waals surface area contributed by atoms with Crippen LogP contribution in [0.4, 0.5) is 5.69 Å². The highest BCUT2D eigenvalue weighted by molar-refractivity contribution is 6.37. The van der Waals surface area contributed by atoms with Crippen molar-refractivity contribution in [3.8, 4) is 23.3 Å². The van der Waals surface area contributed by atoms with Crippen molar-refractivity contribution in [2.45, 2.75) is 19.3 Å². The summed E-state index contributed by atoms with van der Waals surface area (Å²) in [7, 11) is 0. The minimum absolute atomic E-state index is 0.0843. The molecule has 0 fully saturated rings. The highest BCUT2D eigenvalue weighted by atomic mass is 35.5. The summed E-state index contributed by atoms with van der Waals surface area (Å²) < 4.78 is 16.7. The van der Waals surface area contributed by atoms with Crippen LogP contribution in [0.25, 0.3) is 0 Å². The number of ether oxygens (including phenoxy) is 3. The lowest BCUT2D eigenvalue weighted by Gasteiger charge is -2.26. The number of carbonyl (C=O) groups is 1. The minimum atomic E-state index is -0.713. The van der Waals surface area contributed by atoms with Crippen LogP contribution in [-0.2, 0) is 0 Å². The van der Waals surface area contributed by atoms with Crippen molar-refractivity contribution >= 4 is 34.9 Å². The highest BCUT2D eigenvalue weighted by Crippen LogP contribution is 2.44. The van der Waals surface area contributed by atoms with E-state index in [-0.39, 0.29) is 50.0 Å². The Morgan fingerprint density at radius 1 is 1.16 bits per heavy atom. The summed E-state index contributed by atoms with van der Waals surface area (Å²) in [5, 5.41) is 21.1. The number of fused-ring (bicyclic) bond motifs is 1. The van der Waals surface area contributed by atoms with Crippen LogP contribution in [-0.4, -0.2) is 17.5 Å². The van der Waals surface area contributed by atoms with E-state index in [0.717, 1.165) is 6.42 Å². The number of benzene rings is 3. The van der Waals surface area contributed by atoms with Crippen molar-refractivity contribution in [1.29, 1.82) is 5.26 Å². The average Bonchev–Trinajstić information content (AvgIpc) is 2.87. The van der Waals surface area contributed by atoms with E-state index in [4.69, 9.17) is 43.1 Å². The number of hydrogen-bond donors (Lipinski definition) is 1. The van der Waals surface area contributed by atoms with Gasteiger partial charge in [0, 0.05) is 23.8 Å². The van der Waals surface area contributed by atoms with E-state index in [2.05, 4.69) is 6.07 Å². The van der Waals surface area contributed by atoms with Crippen LogP contribution in [0.5, 0.6) is 17.2 Å². The van der Waals surface area contributed by atoms with Gasteiger partial charge < -0.3 is 19.9 Å². The Bertz CT molecular complexity index is 1440. The predicted molar refractivity (Wildman–Crippen MR) is 136 cm³/mol. The molecule has 2 N–H and O–H groups in total. The lowest BCUT2D eigenvalue weighted by Crippen LogP contribution is -2.21. The molecule has 0 saturated carbocycles. The van der Waals surface area contributed by atoms with Crippen LogP contribution in [0.2, 0.25) is 10.0 Å². The molecule has 11 heteroatoms. The molecule has 3 aromatic rings. The first-order valence-corrected chi connectivity index (χ1v) is 11.8. The number of halogens is 2. The average molecular weight is 540 g/mol. The van der Waals surface area contributed by atoms with Crippen molar-refractivity contribution in [3.05, 3.63) is 103 Å². The molecule has 0 amide bonds. The van der Waals surface area contributed by atoms with Crippen molar-refractivity contribution in [3.63, 3.8) is 0 Å². The van der Waals surface area contributed by atoms with Crippen molar-refractivity contribution in [2.24, 2.45) is 5.73 Å². The standard InChI is InChI=1S/C26H19Cl2N3O6/c1-2-9-35-24-20(27)10-15(11-21(24)28)26(32)36-17-7-8-18-22(12-17)37-25(30)19(13-29)23(18)14-3-5-16(6-4-14)31(33)34/h3-8,10-12,23H,2,9,30H2,1H3. The molecular weight excluding hydrogens is 521 g/mol. The lowest BCUT2D eigenvalue weighted by atomic mass is 9.83. The first kappa shape index (κ1) is 25.8. The van der Waals surface area contributed by atoms with E-state index in [1.54, 1.807) is 18.2 Å². The molecule has 0 radical (unpaired) electrons. The maximum Gasteiger partial charge on any atom is 0.343 e. The van der Waals surface area contributed by atoms with Crippen LogP contribution < -0.4 is 19.9 Å². The zero-order chi connectivity index (χ0) is 26.7. The summed E-state index contributed by atoms with van der Waals surface area (Å²) >= 11 is 12.5. The fourth-order valence-electron chi connectivity index (χ4n) is 3.82. The highest BCUT2D eigenvalue weighted by Gasteiger charge is 2.31. The van der Waals surface area contributed by atoms with Crippen LogP contribution in [0.3, 0.4) is 0 Å². The SMILES string of the molecule is CCCOc1c(Cl)cc(C(=O)Oc2ccc3c(c2)OC(N)=C(C#N)C3c2ccc([N+](=O)[O-])cc2)cc1Cl. The third kappa shape index (κ3) is 5.31. The van der Waals surface area contributed by atoms with Crippen LogP contribution in [0.1, 0.15) is 40.7 Å². The summed E-state index contributed by atoms with van der Waals surface area (Å²) in [5.41, 5.74) is 7.38. The van der Waals surface area contributed by atoms with Gasteiger partial charge in [-0.15, -0.1) is 0 Å². The van der Waals surface area contributed by atoms with Crippen LogP contribution in [0, 0.1) is 21.4 Å². The van der Waals surface area contributed by atoms with Gasteiger partial charge in [0.15, 0.2) is 5.75 Å². The Morgan fingerprint density at radius 2 is 1.84 bits per heavy atom. The molecule has 1 aliphatic heterocycles. The normalized spacial score (nSPS) is 14.3. The minimum Gasteiger partial charge on any atom is -0.490 e. The fraction of sp³-hybridized carbons (Fsp3) is 0.154. The number of nitro benzene ring substituents is 1. The molecule has 0 spiro atoms. The van der Waals surface area contributed by atoms with Gasteiger partial charge in [0.05, 0.1) is 33.1 Å². The first-order valence-electron chi connectivity index (χ1n) is 11.0. The smallest absolute Gasteiger partial charge is 0.343 e. The number of carbonyl (C=O) groups excluding carboxylic acids is 1. The molecule has 1 heterocycles. The second kappa shape index (κ2) is 10.8. The predicted octanol–water partition coefficient (Wildman–Crippen LogP) is 6.13. The molecule has 0 bridgehead atoms. The van der Waals surface area contributed by atoms with Crippen LogP contribution in [0.15, 0.2) is 66.1 Å². The molecule has 1 aliphatic rings. The van der Waals surface area contributed by atoms with Crippen molar-refractivity contribution in [1.82, 2.24) is 0 Å². The van der Waals surface area contributed by atoms with Gasteiger partial charge in [0.2, 0.25) is 5.88 Å². The number of non-ortho nitro benzene ring substituents is 1. The quantitative estimate of drug-likeness (QED) is 0.164. The van der Waals surface area contributed by atoms with Gasteiger partial charge in [0.25, 0.3) is 5.69 Å². The number of hydrogen-bond acceptors (Lipinski definition) is 8. The molecule has 0 saturated heterocycles. The third-order valence-electron chi connectivity index (χ3n) is 5.52. The van der Waals surface area contributed by atoms with E-state index in [1.807, 2.05) is 6.92 Å². The largest absolute Gasteiger partial charge is 0.490 e. The van der Waals surface area contributed by atoms with Gasteiger partial charge in [-0.3, -0.25) is 10.1 Å². The molecule has 0 aliphatic carbocycles.